The van der Waals surface area contributed by atoms with E-state index in [1.807, 2.05) is 6.07 Å². The second-order valence-corrected chi connectivity index (χ2v) is 3.87. The third kappa shape index (κ3) is 1.71. The number of benzene rings is 1. The van der Waals surface area contributed by atoms with Crippen LogP contribution >= 0.6 is 11.3 Å². The van der Waals surface area contributed by atoms with E-state index in [-0.39, 0.29) is 22.2 Å². The van der Waals surface area contributed by atoms with Crippen LogP contribution in [-0.2, 0) is 0 Å². The first-order valence-electron chi connectivity index (χ1n) is 4.29. The number of rotatable bonds is 2. The van der Waals surface area contributed by atoms with Crippen molar-refractivity contribution >= 4 is 17.1 Å². The summed E-state index contributed by atoms with van der Waals surface area (Å²) in [5.74, 6) is -0.869. The monoisotopic (exact) mass is 220 g/mol. The minimum Gasteiger partial charge on any atom is -0.504 e. The molecular weight excluding hydrogens is 212 g/mol. The molecule has 0 aliphatic carbocycles. The first-order valence-corrected chi connectivity index (χ1v) is 5.17. The fourth-order valence-corrected chi connectivity index (χ4v) is 2.01. The summed E-state index contributed by atoms with van der Waals surface area (Å²) in [6, 6.07) is 8.63. The normalized spacial score (nSPS) is 10.1. The molecule has 1 heterocycles. The lowest BCUT2D eigenvalue weighted by molar-refractivity contribution is 0.104. The van der Waals surface area contributed by atoms with Gasteiger partial charge in [-0.15, -0.1) is 11.3 Å². The molecule has 0 spiro atoms. The van der Waals surface area contributed by atoms with Crippen molar-refractivity contribution in [2.75, 3.05) is 0 Å². The van der Waals surface area contributed by atoms with E-state index in [0.29, 0.717) is 5.56 Å². The van der Waals surface area contributed by atoms with Crippen molar-refractivity contribution in [2.24, 2.45) is 0 Å². The molecule has 1 aromatic carbocycles. The summed E-state index contributed by atoms with van der Waals surface area (Å²) in [5, 5.41) is 19.9. The van der Waals surface area contributed by atoms with Gasteiger partial charge in [-0.3, -0.25) is 4.79 Å². The average molecular weight is 220 g/mol. The molecule has 0 saturated carbocycles. The van der Waals surface area contributed by atoms with E-state index >= 15 is 0 Å². The zero-order chi connectivity index (χ0) is 10.8. The maximum Gasteiger partial charge on any atom is 0.206 e. The van der Waals surface area contributed by atoms with Gasteiger partial charge in [0.05, 0.1) is 0 Å². The number of hydrogen-bond donors (Lipinski definition) is 2. The molecule has 0 saturated heterocycles. The molecule has 0 amide bonds. The molecule has 15 heavy (non-hydrogen) atoms. The van der Waals surface area contributed by atoms with E-state index in [4.69, 9.17) is 5.11 Å². The number of aromatic hydroxyl groups is 2. The Morgan fingerprint density at radius 1 is 1.13 bits per heavy atom. The smallest absolute Gasteiger partial charge is 0.206 e. The highest BCUT2D eigenvalue weighted by Crippen LogP contribution is 2.36. The molecule has 2 aromatic rings. The molecule has 76 valence electrons. The second kappa shape index (κ2) is 3.74. The number of carbonyl (C=O) groups is 1. The number of thiophene rings is 1. The fraction of sp³-hybridized carbons (Fsp3) is 0. The number of hydrogen-bond acceptors (Lipinski definition) is 4. The largest absolute Gasteiger partial charge is 0.504 e. The molecule has 0 atom stereocenters. The number of ketones is 1. The predicted octanol–water partition coefficient (Wildman–Crippen LogP) is 2.39. The van der Waals surface area contributed by atoms with Gasteiger partial charge in [0.15, 0.2) is 11.5 Å². The summed E-state index contributed by atoms with van der Waals surface area (Å²) in [5.41, 5.74) is 0.495. The van der Waals surface area contributed by atoms with Gasteiger partial charge in [0, 0.05) is 10.9 Å². The van der Waals surface area contributed by atoms with Crippen molar-refractivity contribution in [2.45, 2.75) is 0 Å². The summed E-state index contributed by atoms with van der Waals surface area (Å²) in [6.07, 6.45) is 0. The van der Waals surface area contributed by atoms with Crippen LogP contribution in [0.25, 0.3) is 0 Å². The van der Waals surface area contributed by atoms with Gasteiger partial charge in [0.25, 0.3) is 0 Å². The molecule has 0 radical (unpaired) electrons. The molecule has 0 bridgehead atoms. The Kier molecular flexibility index (Phi) is 2.43. The van der Waals surface area contributed by atoms with Crippen molar-refractivity contribution in [3.8, 4) is 11.5 Å². The van der Waals surface area contributed by atoms with E-state index in [0.717, 1.165) is 11.3 Å². The zero-order valence-corrected chi connectivity index (χ0v) is 8.49. The van der Waals surface area contributed by atoms with Gasteiger partial charge in [-0.25, -0.2) is 0 Å². The Bertz CT molecular complexity index is 488. The van der Waals surface area contributed by atoms with Crippen molar-refractivity contribution in [3.05, 3.63) is 46.2 Å². The topological polar surface area (TPSA) is 57.5 Å². The highest BCUT2D eigenvalue weighted by Gasteiger charge is 2.18. The molecular formula is C11H8O3S. The van der Waals surface area contributed by atoms with E-state index in [9.17, 15) is 9.90 Å². The first kappa shape index (κ1) is 9.73. The third-order valence-corrected chi connectivity index (χ3v) is 2.94. The Hall–Kier alpha value is -1.81. The third-order valence-electron chi connectivity index (χ3n) is 1.99. The summed E-state index contributed by atoms with van der Waals surface area (Å²) >= 11 is 1.03. The highest BCUT2D eigenvalue weighted by atomic mass is 32.1. The molecule has 0 unspecified atom stereocenters. The van der Waals surface area contributed by atoms with E-state index in [1.54, 1.807) is 24.3 Å². The van der Waals surface area contributed by atoms with Crippen LogP contribution in [0, 0.1) is 0 Å². The van der Waals surface area contributed by atoms with Crippen LogP contribution in [0.5, 0.6) is 11.5 Å². The minimum atomic E-state index is -0.339. The van der Waals surface area contributed by atoms with Gasteiger partial charge in [0.2, 0.25) is 5.78 Å². The molecule has 0 aliphatic rings. The molecule has 2 rings (SSSR count). The van der Waals surface area contributed by atoms with E-state index in [2.05, 4.69) is 0 Å². The van der Waals surface area contributed by atoms with E-state index in [1.165, 1.54) is 5.38 Å². The first-order chi connectivity index (χ1) is 7.20. The lowest BCUT2D eigenvalue weighted by Gasteiger charge is -1.98. The van der Waals surface area contributed by atoms with Crippen LogP contribution in [-0.4, -0.2) is 16.0 Å². The van der Waals surface area contributed by atoms with Gasteiger partial charge < -0.3 is 10.2 Å². The van der Waals surface area contributed by atoms with Crippen molar-refractivity contribution in [3.63, 3.8) is 0 Å². The SMILES string of the molecule is O=C(c1ccccc1)c1scc(O)c1O. The van der Waals surface area contributed by atoms with Crippen LogP contribution in [0.4, 0.5) is 0 Å². The van der Waals surface area contributed by atoms with Crippen LogP contribution in [0.15, 0.2) is 35.7 Å². The Labute approximate surface area is 90.2 Å². The molecule has 1 aromatic heterocycles. The summed E-state index contributed by atoms with van der Waals surface area (Å²) in [7, 11) is 0. The van der Waals surface area contributed by atoms with Crippen LogP contribution in [0.1, 0.15) is 15.2 Å². The van der Waals surface area contributed by atoms with Gasteiger partial charge in [-0.2, -0.15) is 0 Å². The fourth-order valence-electron chi connectivity index (χ4n) is 1.22. The molecule has 2 N–H and O–H groups in total. The Morgan fingerprint density at radius 2 is 1.80 bits per heavy atom. The Balaban J connectivity index is 2.42. The molecule has 3 nitrogen and oxygen atoms in total. The standard InChI is InChI=1S/C11H8O3S/c12-8-6-15-11(10(8)14)9(13)7-4-2-1-3-5-7/h1-6,12,14H. The van der Waals surface area contributed by atoms with Gasteiger partial charge >= 0.3 is 0 Å². The predicted molar refractivity (Wildman–Crippen MR) is 57.5 cm³/mol. The summed E-state index contributed by atoms with van der Waals surface area (Å²) in [4.78, 5) is 12.0. The lowest BCUT2D eigenvalue weighted by atomic mass is 10.1. The van der Waals surface area contributed by atoms with Gasteiger partial charge in [0.1, 0.15) is 4.88 Å². The molecule has 4 heteroatoms. The summed E-state index contributed by atoms with van der Waals surface area (Å²) < 4.78 is 0. The van der Waals surface area contributed by atoms with Crippen molar-refractivity contribution in [1.29, 1.82) is 0 Å². The highest BCUT2D eigenvalue weighted by molar-refractivity contribution is 7.13. The van der Waals surface area contributed by atoms with Crippen LogP contribution in [0.3, 0.4) is 0 Å². The summed E-state index contributed by atoms with van der Waals surface area (Å²) in [6.45, 7) is 0. The van der Waals surface area contributed by atoms with Crippen molar-refractivity contribution in [1.82, 2.24) is 0 Å². The maximum atomic E-state index is 11.8. The Morgan fingerprint density at radius 3 is 2.33 bits per heavy atom. The molecule has 0 aliphatic heterocycles. The van der Waals surface area contributed by atoms with Gasteiger partial charge in [-0.1, -0.05) is 30.3 Å². The van der Waals surface area contributed by atoms with Crippen LogP contribution in [0.2, 0.25) is 0 Å². The van der Waals surface area contributed by atoms with Crippen molar-refractivity contribution < 1.29 is 15.0 Å². The van der Waals surface area contributed by atoms with Crippen LogP contribution < -0.4 is 0 Å². The number of carbonyl (C=O) groups excluding carboxylic acids is 1. The second-order valence-electron chi connectivity index (χ2n) is 2.99. The lowest BCUT2D eigenvalue weighted by Crippen LogP contribution is -1.97. The average Bonchev–Trinajstić information content (AvgIpc) is 2.60. The van der Waals surface area contributed by atoms with E-state index < -0.39 is 0 Å². The maximum absolute atomic E-state index is 11.8. The zero-order valence-electron chi connectivity index (χ0n) is 7.68. The molecule has 0 fully saturated rings. The minimum absolute atomic E-state index is 0.165. The van der Waals surface area contributed by atoms with Gasteiger partial charge in [-0.05, 0) is 0 Å². The quantitative estimate of drug-likeness (QED) is 0.764.